The van der Waals surface area contributed by atoms with Crippen LogP contribution in [0.2, 0.25) is 0 Å². The van der Waals surface area contributed by atoms with Gasteiger partial charge in [-0.3, -0.25) is 9.59 Å². The number of benzene rings is 1. The second-order valence-corrected chi connectivity index (χ2v) is 9.15. The van der Waals surface area contributed by atoms with Crippen LogP contribution in [-0.4, -0.2) is 30.2 Å². The average Bonchev–Trinajstić information content (AvgIpc) is 2.54. The molecule has 0 heterocycles. The molecule has 3 rings (SSSR count). The molecule has 0 spiro atoms. The van der Waals surface area contributed by atoms with Crippen LogP contribution >= 0.6 is 7.60 Å². The molecule has 1 aromatic carbocycles. The minimum Gasteiger partial charge on any atom is -0.497 e. The number of ketones is 2. The van der Waals surface area contributed by atoms with Crippen LogP contribution in [0, 0.1) is 5.41 Å². The molecule has 2 atom stereocenters. The van der Waals surface area contributed by atoms with E-state index in [1.807, 2.05) is 6.92 Å². The van der Waals surface area contributed by atoms with Gasteiger partial charge in [0.25, 0.3) is 0 Å². The van der Waals surface area contributed by atoms with E-state index in [9.17, 15) is 19.0 Å². The molecule has 2 unspecified atom stereocenters. The van der Waals surface area contributed by atoms with Crippen LogP contribution in [-0.2, 0) is 19.3 Å². The lowest BCUT2D eigenvalue weighted by Gasteiger charge is -2.45. The maximum absolute atomic E-state index is 13.1. The number of ether oxygens (including phenoxy) is 1. The molecule has 6 nitrogen and oxygen atoms in total. The normalized spacial score (nSPS) is 26.1. The molecule has 26 heavy (non-hydrogen) atoms. The van der Waals surface area contributed by atoms with Gasteiger partial charge in [-0.2, -0.15) is 0 Å². The molecule has 0 amide bonds. The van der Waals surface area contributed by atoms with Crippen LogP contribution in [0.1, 0.15) is 36.7 Å². The first-order valence-corrected chi connectivity index (χ1v) is 10.2. The smallest absolute Gasteiger partial charge is 0.373 e. The van der Waals surface area contributed by atoms with Crippen molar-refractivity contribution in [1.82, 2.24) is 0 Å². The van der Waals surface area contributed by atoms with E-state index in [0.29, 0.717) is 22.4 Å². The van der Waals surface area contributed by atoms with Gasteiger partial charge in [0, 0.05) is 23.2 Å². The molecule has 1 aromatic rings. The van der Waals surface area contributed by atoms with E-state index in [-0.39, 0.29) is 11.5 Å². The Kier molecular flexibility index (Phi) is 4.05. The van der Waals surface area contributed by atoms with E-state index in [4.69, 9.17) is 9.26 Å². The van der Waals surface area contributed by atoms with Crippen molar-refractivity contribution < 1.29 is 28.3 Å². The standard InChI is InChI=1S/C19H21O6P/c1-18(2)14(20)8-9-19(3)13-10-11(24-4)6-7-12(13)15(21)16(17(18)19)25-26(5,22)23/h6-10H,1-5H3,(H,22,23). The quantitative estimate of drug-likeness (QED) is 0.814. The SMILES string of the molecule is COc1ccc2c(c1)C1(C)C=CC(=O)C(C)(C)C1=C(OP(C)(=O)O)C2=O. The molecular formula is C19H21O6P. The summed E-state index contributed by atoms with van der Waals surface area (Å²) in [6.45, 7) is 6.25. The minimum atomic E-state index is -4.01. The monoisotopic (exact) mass is 376 g/mol. The highest BCUT2D eigenvalue weighted by molar-refractivity contribution is 7.52. The first-order valence-electron chi connectivity index (χ1n) is 8.14. The lowest BCUT2D eigenvalue weighted by Crippen LogP contribution is -2.45. The molecule has 0 bridgehead atoms. The summed E-state index contributed by atoms with van der Waals surface area (Å²) in [5.41, 5.74) is -0.496. The summed E-state index contributed by atoms with van der Waals surface area (Å²) in [7, 11) is -2.48. The summed E-state index contributed by atoms with van der Waals surface area (Å²) in [5.74, 6) is -0.356. The van der Waals surface area contributed by atoms with E-state index in [0.717, 1.165) is 6.66 Å². The van der Waals surface area contributed by atoms with Gasteiger partial charge in [0.15, 0.2) is 11.5 Å². The molecule has 0 fully saturated rings. The van der Waals surface area contributed by atoms with Crippen LogP contribution in [0.15, 0.2) is 41.7 Å². The summed E-state index contributed by atoms with van der Waals surface area (Å²) < 4.78 is 22.5. The van der Waals surface area contributed by atoms with Gasteiger partial charge < -0.3 is 14.2 Å². The van der Waals surface area contributed by atoms with Gasteiger partial charge >= 0.3 is 7.60 Å². The molecule has 0 aliphatic heterocycles. The number of fused-ring (bicyclic) bond motifs is 3. The van der Waals surface area contributed by atoms with Crippen molar-refractivity contribution in [1.29, 1.82) is 0 Å². The molecular weight excluding hydrogens is 355 g/mol. The van der Waals surface area contributed by atoms with E-state index in [1.54, 1.807) is 38.1 Å². The Bertz CT molecular complexity index is 933. The number of carbonyl (C=O) groups is 2. The van der Waals surface area contributed by atoms with Crippen LogP contribution in [0.5, 0.6) is 5.75 Å². The number of methoxy groups -OCH3 is 1. The molecule has 0 radical (unpaired) electrons. The van der Waals surface area contributed by atoms with Crippen molar-refractivity contribution in [3.63, 3.8) is 0 Å². The van der Waals surface area contributed by atoms with Gasteiger partial charge in [0.2, 0.25) is 5.78 Å². The Hall–Kier alpha value is -2.17. The second kappa shape index (κ2) is 5.66. The first-order chi connectivity index (χ1) is 11.9. The lowest BCUT2D eigenvalue weighted by molar-refractivity contribution is -0.121. The zero-order chi connectivity index (χ0) is 19.5. The number of carbonyl (C=O) groups excluding carboxylic acids is 2. The maximum atomic E-state index is 13.1. The van der Waals surface area contributed by atoms with Crippen molar-refractivity contribution in [3.8, 4) is 5.75 Å². The van der Waals surface area contributed by atoms with E-state index < -0.39 is 24.2 Å². The summed E-state index contributed by atoms with van der Waals surface area (Å²) in [6, 6.07) is 5.01. The lowest BCUT2D eigenvalue weighted by atomic mass is 9.57. The fourth-order valence-electron chi connectivity index (χ4n) is 3.82. The molecule has 1 N–H and O–H groups in total. The summed E-state index contributed by atoms with van der Waals surface area (Å²) in [5, 5.41) is 0. The maximum Gasteiger partial charge on any atom is 0.373 e. The van der Waals surface area contributed by atoms with Crippen LogP contribution in [0.25, 0.3) is 0 Å². The highest BCUT2D eigenvalue weighted by atomic mass is 31.2. The number of Topliss-reactive ketones (excluding diaryl/α,β-unsaturated/α-hetero) is 1. The summed E-state index contributed by atoms with van der Waals surface area (Å²) in [6.07, 6.45) is 3.20. The zero-order valence-corrected chi connectivity index (χ0v) is 16.2. The summed E-state index contributed by atoms with van der Waals surface area (Å²) >= 11 is 0. The van der Waals surface area contributed by atoms with Crippen LogP contribution < -0.4 is 4.74 Å². The van der Waals surface area contributed by atoms with E-state index >= 15 is 0 Å². The predicted octanol–water partition coefficient (Wildman–Crippen LogP) is 3.40. The Morgan fingerprint density at radius 3 is 2.38 bits per heavy atom. The molecule has 2 aliphatic rings. The van der Waals surface area contributed by atoms with Gasteiger partial charge in [-0.15, -0.1) is 0 Å². The summed E-state index contributed by atoms with van der Waals surface area (Å²) in [4.78, 5) is 35.4. The molecule has 0 aromatic heterocycles. The highest BCUT2D eigenvalue weighted by Crippen LogP contribution is 2.55. The van der Waals surface area contributed by atoms with Crippen molar-refractivity contribution in [2.75, 3.05) is 13.8 Å². The Morgan fingerprint density at radius 2 is 1.81 bits per heavy atom. The predicted molar refractivity (Wildman–Crippen MR) is 96.5 cm³/mol. The van der Waals surface area contributed by atoms with Crippen molar-refractivity contribution in [2.24, 2.45) is 5.41 Å². The number of rotatable bonds is 3. The third-order valence-electron chi connectivity index (χ3n) is 5.05. The van der Waals surface area contributed by atoms with Crippen LogP contribution in [0.3, 0.4) is 0 Å². The van der Waals surface area contributed by atoms with Crippen molar-refractivity contribution in [3.05, 3.63) is 52.8 Å². The molecule has 7 heteroatoms. The molecule has 2 aliphatic carbocycles. The van der Waals surface area contributed by atoms with Gasteiger partial charge in [-0.1, -0.05) is 6.08 Å². The molecule has 138 valence electrons. The topological polar surface area (TPSA) is 89.9 Å². The second-order valence-electron chi connectivity index (χ2n) is 7.36. The van der Waals surface area contributed by atoms with Gasteiger partial charge in [0.1, 0.15) is 5.75 Å². The first kappa shape index (κ1) is 18.6. The Labute approximate surface area is 152 Å². The van der Waals surface area contributed by atoms with Gasteiger partial charge in [0.05, 0.1) is 12.5 Å². The largest absolute Gasteiger partial charge is 0.497 e. The Balaban J connectivity index is 2.41. The van der Waals surface area contributed by atoms with Crippen molar-refractivity contribution >= 4 is 19.2 Å². The number of allylic oxidation sites excluding steroid dienone is 4. The van der Waals surface area contributed by atoms with E-state index in [2.05, 4.69) is 0 Å². The highest BCUT2D eigenvalue weighted by Gasteiger charge is 2.52. The van der Waals surface area contributed by atoms with Gasteiger partial charge in [-0.25, -0.2) is 4.57 Å². The van der Waals surface area contributed by atoms with Crippen LogP contribution in [0.4, 0.5) is 0 Å². The average molecular weight is 376 g/mol. The van der Waals surface area contributed by atoms with E-state index in [1.165, 1.54) is 13.2 Å². The minimum absolute atomic E-state index is 0.200. The fraction of sp³-hybridized carbons (Fsp3) is 0.368. The third-order valence-corrected chi connectivity index (χ3v) is 5.57. The number of hydrogen-bond acceptors (Lipinski definition) is 5. The fourth-order valence-corrected chi connectivity index (χ4v) is 4.33. The molecule has 0 saturated carbocycles. The number of hydrogen-bond donors (Lipinski definition) is 1. The third kappa shape index (κ3) is 2.65. The Morgan fingerprint density at radius 1 is 1.15 bits per heavy atom. The zero-order valence-electron chi connectivity index (χ0n) is 15.3. The molecule has 0 saturated heterocycles. The van der Waals surface area contributed by atoms with Gasteiger partial charge in [-0.05, 0) is 50.6 Å². The van der Waals surface area contributed by atoms with Crippen molar-refractivity contribution in [2.45, 2.75) is 26.2 Å².